The number of sulfonamides is 1. The van der Waals surface area contributed by atoms with E-state index >= 15 is 0 Å². The number of anilines is 1. The topological polar surface area (TPSA) is 100 Å². The summed E-state index contributed by atoms with van der Waals surface area (Å²) in [6.07, 6.45) is 6.17. The van der Waals surface area contributed by atoms with E-state index in [1.54, 1.807) is 13.4 Å². The highest BCUT2D eigenvalue weighted by atomic mass is 32.2. The number of aromatic nitrogens is 2. The normalized spacial score (nSPS) is 16.6. The van der Waals surface area contributed by atoms with Crippen LogP contribution in [0.1, 0.15) is 16.8 Å². The Labute approximate surface area is 237 Å². The fraction of sp³-hybridized carbons (Fsp3) is 0.448. The van der Waals surface area contributed by atoms with Crippen molar-refractivity contribution in [1.29, 1.82) is 0 Å². The number of rotatable bonds is 12. The van der Waals surface area contributed by atoms with Gasteiger partial charge in [-0.2, -0.15) is 4.31 Å². The Morgan fingerprint density at radius 2 is 1.75 bits per heavy atom. The van der Waals surface area contributed by atoms with Crippen LogP contribution < -0.4 is 15.0 Å². The number of hydrogen-bond donors (Lipinski definition) is 1. The Bertz CT molecular complexity index is 1360. The number of benzene rings is 2. The zero-order valence-corrected chi connectivity index (χ0v) is 24.6. The van der Waals surface area contributed by atoms with Crippen molar-refractivity contribution in [1.82, 2.24) is 24.1 Å². The van der Waals surface area contributed by atoms with E-state index in [2.05, 4.69) is 48.9 Å². The predicted molar refractivity (Wildman–Crippen MR) is 157 cm³/mol. The third-order valence-electron chi connectivity index (χ3n) is 7.30. The highest BCUT2D eigenvalue weighted by Crippen LogP contribution is 2.17. The zero-order valence-electron chi connectivity index (χ0n) is 23.8. The van der Waals surface area contributed by atoms with Gasteiger partial charge in [-0.3, -0.25) is 9.69 Å². The molecular weight excluding hydrogens is 528 g/mol. The molecule has 0 radical (unpaired) electrons. The van der Waals surface area contributed by atoms with E-state index in [1.807, 2.05) is 44.6 Å². The molecule has 10 nitrogen and oxygen atoms in total. The smallest absolute Gasteiger partial charge is 0.239 e. The first-order valence-electron chi connectivity index (χ1n) is 13.5. The van der Waals surface area contributed by atoms with E-state index in [9.17, 15) is 13.2 Å². The average molecular weight is 569 g/mol. The van der Waals surface area contributed by atoms with Crippen molar-refractivity contribution in [3.05, 3.63) is 77.9 Å². The molecule has 4 rings (SSSR count). The number of amides is 1. The van der Waals surface area contributed by atoms with E-state index in [1.165, 1.54) is 10.6 Å². The van der Waals surface area contributed by atoms with Crippen molar-refractivity contribution in [2.75, 3.05) is 65.1 Å². The molecule has 2 aromatic carbocycles. The Hall–Kier alpha value is -3.41. The van der Waals surface area contributed by atoms with Crippen LogP contribution in [0.3, 0.4) is 0 Å². The molecule has 1 aliphatic heterocycles. The molecule has 11 heteroatoms. The minimum Gasteiger partial charge on any atom is -0.497 e. The summed E-state index contributed by atoms with van der Waals surface area (Å²) in [6, 6.07) is 15.5. The maximum atomic E-state index is 13.3. The lowest BCUT2D eigenvalue weighted by atomic mass is 10.1. The van der Waals surface area contributed by atoms with Crippen LogP contribution in [0.4, 0.5) is 5.69 Å². The second kappa shape index (κ2) is 13.3. The van der Waals surface area contributed by atoms with Crippen LogP contribution in [-0.2, 0) is 34.2 Å². The summed E-state index contributed by atoms with van der Waals surface area (Å²) < 4.78 is 33.6. The first kappa shape index (κ1) is 29.6. The number of carbonyl (C=O) groups is 1. The van der Waals surface area contributed by atoms with Crippen LogP contribution in [0, 0.1) is 0 Å². The third kappa shape index (κ3) is 7.83. The average Bonchev–Trinajstić information content (AvgIpc) is 3.38. The van der Waals surface area contributed by atoms with E-state index in [4.69, 9.17) is 4.74 Å². The number of ether oxygens (including phenoxy) is 1. The lowest BCUT2D eigenvalue weighted by Gasteiger charge is -2.39. The summed E-state index contributed by atoms with van der Waals surface area (Å²) in [7, 11) is 2.15. The van der Waals surface area contributed by atoms with Crippen molar-refractivity contribution >= 4 is 21.6 Å². The lowest BCUT2D eigenvalue weighted by molar-refractivity contribution is -0.126. The van der Waals surface area contributed by atoms with Gasteiger partial charge in [0.15, 0.2) is 0 Å². The zero-order chi connectivity index (χ0) is 28.7. The second-order valence-electron chi connectivity index (χ2n) is 10.4. The molecule has 1 aliphatic rings. The van der Waals surface area contributed by atoms with Gasteiger partial charge < -0.3 is 19.5 Å². The fourth-order valence-corrected chi connectivity index (χ4v) is 5.98. The number of hydrogen-bond acceptors (Lipinski definition) is 7. The van der Waals surface area contributed by atoms with E-state index in [0.29, 0.717) is 39.1 Å². The monoisotopic (exact) mass is 568 g/mol. The lowest BCUT2D eigenvalue weighted by Crippen LogP contribution is -2.60. The number of carbonyl (C=O) groups excluding carboxylic acids is 1. The molecule has 1 fully saturated rings. The molecule has 1 atom stereocenters. The molecule has 1 amide bonds. The van der Waals surface area contributed by atoms with Crippen LogP contribution in [0.25, 0.3) is 0 Å². The van der Waals surface area contributed by atoms with Crippen LogP contribution >= 0.6 is 0 Å². The van der Waals surface area contributed by atoms with Crippen LogP contribution in [0.5, 0.6) is 5.75 Å². The van der Waals surface area contributed by atoms with Crippen molar-refractivity contribution in [2.24, 2.45) is 0 Å². The molecule has 40 heavy (non-hydrogen) atoms. The SMILES string of the molecule is COc1ccc(CCN2CCN(S(C)(=O)=O)C(C(=O)NCCc3cncn3Cc3ccc(N(C)C)cc3)C2)cc1. The molecule has 0 bridgehead atoms. The third-order valence-corrected chi connectivity index (χ3v) is 8.59. The van der Waals surface area contributed by atoms with Crippen LogP contribution in [0.2, 0.25) is 0 Å². The summed E-state index contributed by atoms with van der Waals surface area (Å²) >= 11 is 0. The Morgan fingerprint density at radius 3 is 2.40 bits per heavy atom. The minimum atomic E-state index is -3.52. The number of imidazole rings is 1. The fourth-order valence-electron chi connectivity index (χ4n) is 4.94. The molecule has 1 aromatic heterocycles. The molecule has 1 saturated heterocycles. The van der Waals surface area contributed by atoms with Gasteiger partial charge in [0, 0.05) is 77.4 Å². The van der Waals surface area contributed by atoms with Gasteiger partial charge in [0.25, 0.3) is 0 Å². The van der Waals surface area contributed by atoms with E-state index < -0.39 is 16.1 Å². The minimum absolute atomic E-state index is 0.273. The quantitative estimate of drug-likeness (QED) is 0.356. The van der Waals surface area contributed by atoms with Gasteiger partial charge >= 0.3 is 0 Å². The van der Waals surface area contributed by atoms with Crippen molar-refractivity contribution < 1.29 is 17.9 Å². The first-order valence-corrected chi connectivity index (χ1v) is 15.3. The largest absolute Gasteiger partial charge is 0.497 e. The molecule has 1 N–H and O–H groups in total. The molecule has 0 saturated carbocycles. The highest BCUT2D eigenvalue weighted by Gasteiger charge is 2.37. The second-order valence-corrected chi connectivity index (χ2v) is 12.3. The number of methoxy groups -OCH3 is 1. The molecular formula is C29H40N6O4S. The van der Waals surface area contributed by atoms with Gasteiger partial charge in [0.05, 0.1) is 19.7 Å². The highest BCUT2D eigenvalue weighted by molar-refractivity contribution is 7.88. The summed E-state index contributed by atoms with van der Waals surface area (Å²) in [5, 5.41) is 2.98. The van der Waals surface area contributed by atoms with Gasteiger partial charge in [-0.15, -0.1) is 0 Å². The number of piperazine rings is 1. The van der Waals surface area contributed by atoms with Gasteiger partial charge in [0.2, 0.25) is 15.9 Å². The van der Waals surface area contributed by atoms with Gasteiger partial charge in [-0.05, 0) is 41.8 Å². The maximum Gasteiger partial charge on any atom is 0.239 e. The van der Waals surface area contributed by atoms with Gasteiger partial charge in [0.1, 0.15) is 11.8 Å². The molecule has 0 spiro atoms. The molecule has 3 aromatic rings. The van der Waals surface area contributed by atoms with E-state index in [-0.39, 0.29) is 5.91 Å². The molecule has 2 heterocycles. The first-order chi connectivity index (χ1) is 19.1. The standard InChI is InChI=1S/C29H40N6O4S/c1-32(2)25-9-5-24(6-10-25)20-34-22-30-19-26(34)13-15-31-29(36)28-21-33(17-18-35(28)40(4,37)38)16-14-23-7-11-27(39-3)12-8-23/h5-12,19,22,28H,13-18,20-21H2,1-4H3,(H,31,36). The molecule has 216 valence electrons. The predicted octanol–water partition coefficient (Wildman–Crippen LogP) is 1.85. The molecule has 1 unspecified atom stereocenters. The van der Waals surface area contributed by atoms with Crippen LogP contribution in [-0.4, -0.2) is 99.3 Å². The molecule has 0 aliphatic carbocycles. The van der Waals surface area contributed by atoms with Crippen LogP contribution in [0.15, 0.2) is 61.1 Å². The number of nitrogens with zero attached hydrogens (tertiary/aromatic N) is 5. The maximum absolute atomic E-state index is 13.3. The van der Waals surface area contributed by atoms with E-state index in [0.717, 1.165) is 41.2 Å². The Morgan fingerprint density at radius 1 is 1.05 bits per heavy atom. The summed E-state index contributed by atoms with van der Waals surface area (Å²) in [5.74, 6) is 0.536. The number of nitrogens with one attached hydrogen (secondary N) is 1. The Kier molecular flexibility index (Phi) is 9.83. The van der Waals surface area contributed by atoms with Gasteiger partial charge in [-0.25, -0.2) is 13.4 Å². The summed E-state index contributed by atoms with van der Waals surface area (Å²) in [4.78, 5) is 21.8. The summed E-state index contributed by atoms with van der Waals surface area (Å²) in [5.41, 5.74) is 4.47. The van der Waals surface area contributed by atoms with Crippen molar-refractivity contribution in [3.63, 3.8) is 0 Å². The van der Waals surface area contributed by atoms with Crippen molar-refractivity contribution in [2.45, 2.75) is 25.4 Å². The van der Waals surface area contributed by atoms with Gasteiger partial charge in [-0.1, -0.05) is 24.3 Å². The Balaban J connectivity index is 1.32. The van der Waals surface area contributed by atoms with Crippen molar-refractivity contribution in [3.8, 4) is 5.75 Å². The summed E-state index contributed by atoms with van der Waals surface area (Å²) in [6.45, 7) is 3.05.